The molecule has 1 aromatic carbocycles. The zero-order valence-corrected chi connectivity index (χ0v) is 12.1. The number of aromatic nitrogens is 1. The van der Waals surface area contributed by atoms with Crippen molar-refractivity contribution in [3.8, 4) is 11.5 Å². The van der Waals surface area contributed by atoms with Gasteiger partial charge in [0.2, 0.25) is 5.89 Å². The van der Waals surface area contributed by atoms with Gasteiger partial charge in [-0.05, 0) is 26.0 Å². The summed E-state index contributed by atoms with van der Waals surface area (Å²) in [6.45, 7) is 8.34. The number of nitrogens with one attached hydrogen (secondary N) is 1. The first-order valence-electron chi connectivity index (χ1n) is 7.18. The van der Waals surface area contributed by atoms with Gasteiger partial charge in [0.25, 0.3) is 0 Å². The molecular formula is C16H21N3O. The van der Waals surface area contributed by atoms with Crippen molar-refractivity contribution in [2.24, 2.45) is 0 Å². The summed E-state index contributed by atoms with van der Waals surface area (Å²) >= 11 is 0. The summed E-state index contributed by atoms with van der Waals surface area (Å²) in [5.74, 6) is 0.711. The Labute approximate surface area is 119 Å². The van der Waals surface area contributed by atoms with Gasteiger partial charge in [-0.2, -0.15) is 0 Å². The molecule has 1 aliphatic heterocycles. The van der Waals surface area contributed by atoms with E-state index in [1.165, 1.54) is 5.56 Å². The highest BCUT2D eigenvalue weighted by Crippen LogP contribution is 2.20. The molecule has 1 aromatic heterocycles. The fraction of sp³-hybridized carbons (Fsp3) is 0.438. The van der Waals surface area contributed by atoms with E-state index in [-0.39, 0.29) is 0 Å². The maximum atomic E-state index is 5.61. The molecule has 4 nitrogen and oxygen atoms in total. The molecule has 1 N–H and O–H groups in total. The van der Waals surface area contributed by atoms with Gasteiger partial charge < -0.3 is 9.73 Å². The van der Waals surface area contributed by atoms with Gasteiger partial charge in [-0.15, -0.1) is 0 Å². The number of nitrogens with zero attached hydrogens (tertiary/aromatic N) is 2. The number of aryl methyl sites for hydroxylation is 1. The monoisotopic (exact) mass is 271 g/mol. The summed E-state index contributed by atoms with van der Waals surface area (Å²) in [4.78, 5) is 7.05. The molecule has 1 saturated heterocycles. The van der Waals surface area contributed by atoms with Crippen LogP contribution in [-0.2, 0) is 6.54 Å². The molecule has 1 fully saturated rings. The van der Waals surface area contributed by atoms with E-state index in [2.05, 4.69) is 53.3 Å². The summed E-state index contributed by atoms with van der Waals surface area (Å²) in [5.41, 5.74) is 3.29. The molecule has 0 spiro atoms. The van der Waals surface area contributed by atoms with Gasteiger partial charge in [0, 0.05) is 37.8 Å². The van der Waals surface area contributed by atoms with Crippen LogP contribution in [-0.4, -0.2) is 35.6 Å². The minimum atomic E-state index is 0.545. The molecular weight excluding hydrogens is 250 g/mol. The van der Waals surface area contributed by atoms with Crippen LogP contribution in [0.25, 0.3) is 11.5 Å². The molecule has 4 heteroatoms. The highest BCUT2D eigenvalue weighted by molar-refractivity contribution is 5.53. The lowest BCUT2D eigenvalue weighted by molar-refractivity contribution is 0.163. The second kappa shape index (κ2) is 5.77. The number of hydrogen-bond acceptors (Lipinski definition) is 4. The number of benzene rings is 1. The third-order valence-corrected chi connectivity index (χ3v) is 3.85. The summed E-state index contributed by atoms with van der Waals surface area (Å²) in [6, 6.07) is 8.81. The standard InChI is InChI=1S/C16H21N3O/c1-12-3-5-14(6-4-12)16-18-15(11-20-16)10-19-8-7-17-9-13(19)2/h3-6,11,13,17H,7-10H2,1-2H3/t13-/m0/s1. The zero-order valence-electron chi connectivity index (χ0n) is 12.1. The average Bonchev–Trinajstić information content (AvgIpc) is 2.91. The van der Waals surface area contributed by atoms with E-state index in [9.17, 15) is 0 Å². The molecule has 20 heavy (non-hydrogen) atoms. The smallest absolute Gasteiger partial charge is 0.226 e. The van der Waals surface area contributed by atoms with Gasteiger partial charge >= 0.3 is 0 Å². The van der Waals surface area contributed by atoms with Crippen LogP contribution in [0, 0.1) is 6.92 Å². The van der Waals surface area contributed by atoms with Crippen LogP contribution in [0.5, 0.6) is 0 Å². The van der Waals surface area contributed by atoms with E-state index in [0.29, 0.717) is 11.9 Å². The summed E-state index contributed by atoms with van der Waals surface area (Å²) in [5, 5.41) is 3.40. The number of piperazine rings is 1. The second-order valence-electron chi connectivity index (χ2n) is 5.53. The molecule has 0 saturated carbocycles. The van der Waals surface area contributed by atoms with Crippen molar-refractivity contribution in [2.75, 3.05) is 19.6 Å². The van der Waals surface area contributed by atoms with Gasteiger partial charge in [0.1, 0.15) is 6.26 Å². The van der Waals surface area contributed by atoms with E-state index in [1.54, 1.807) is 6.26 Å². The van der Waals surface area contributed by atoms with E-state index in [4.69, 9.17) is 4.42 Å². The number of rotatable bonds is 3. The van der Waals surface area contributed by atoms with Gasteiger partial charge in [-0.25, -0.2) is 4.98 Å². The molecule has 0 radical (unpaired) electrons. The van der Waals surface area contributed by atoms with Crippen LogP contribution in [0.15, 0.2) is 34.9 Å². The Bertz CT molecular complexity index is 561. The Morgan fingerprint density at radius 3 is 2.90 bits per heavy atom. The van der Waals surface area contributed by atoms with Gasteiger partial charge in [0.15, 0.2) is 0 Å². The van der Waals surface area contributed by atoms with E-state index >= 15 is 0 Å². The lowest BCUT2D eigenvalue weighted by atomic mass is 10.1. The SMILES string of the molecule is Cc1ccc(-c2nc(CN3CCNC[C@@H]3C)co2)cc1. The van der Waals surface area contributed by atoms with Gasteiger partial charge in [-0.3, -0.25) is 4.90 Å². The molecule has 1 atom stereocenters. The molecule has 0 unspecified atom stereocenters. The van der Waals surface area contributed by atoms with E-state index in [1.807, 2.05) is 0 Å². The largest absolute Gasteiger partial charge is 0.444 e. The minimum absolute atomic E-state index is 0.545. The molecule has 0 aliphatic carbocycles. The Morgan fingerprint density at radius 2 is 2.15 bits per heavy atom. The molecule has 2 heterocycles. The van der Waals surface area contributed by atoms with Crippen LogP contribution in [0.4, 0.5) is 0 Å². The molecule has 3 rings (SSSR count). The maximum absolute atomic E-state index is 5.61. The normalized spacial score (nSPS) is 20.2. The van der Waals surface area contributed by atoms with Gasteiger partial charge in [0.05, 0.1) is 5.69 Å². The summed E-state index contributed by atoms with van der Waals surface area (Å²) < 4.78 is 5.61. The topological polar surface area (TPSA) is 41.3 Å². The highest BCUT2D eigenvalue weighted by atomic mass is 16.3. The Balaban J connectivity index is 1.71. The number of hydrogen-bond donors (Lipinski definition) is 1. The first-order valence-corrected chi connectivity index (χ1v) is 7.18. The predicted molar refractivity (Wildman–Crippen MR) is 79.4 cm³/mol. The summed E-state index contributed by atoms with van der Waals surface area (Å²) in [7, 11) is 0. The third kappa shape index (κ3) is 2.92. The Kier molecular flexibility index (Phi) is 3.85. The Morgan fingerprint density at radius 1 is 1.35 bits per heavy atom. The third-order valence-electron chi connectivity index (χ3n) is 3.85. The van der Waals surface area contributed by atoms with Crippen LogP contribution in [0.3, 0.4) is 0 Å². The van der Waals surface area contributed by atoms with Gasteiger partial charge in [-0.1, -0.05) is 17.7 Å². The molecule has 0 bridgehead atoms. The van der Waals surface area contributed by atoms with Crippen LogP contribution < -0.4 is 5.32 Å². The maximum Gasteiger partial charge on any atom is 0.226 e. The second-order valence-corrected chi connectivity index (χ2v) is 5.53. The lowest BCUT2D eigenvalue weighted by Crippen LogP contribution is -2.49. The lowest BCUT2D eigenvalue weighted by Gasteiger charge is -2.33. The minimum Gasteiger partial charge on any atom is -0.444 e. The molecule has 1 aliphatic rings. The van der Waals surface area contributed by atoms with Crippen molar-refractivity contribution in [3.63, 3.8) is 0 Å². The fourth-order valence-corrected chi connectivity index (χ4v) is 2.53. The molecule has 0 amide bonds. The quantitative estimate of drug-likeness (QED) is 0.931. The highest BCUT2D eigenvalue weighted by Gasteiger charge is 2.19. The fourth-order valence-electron chi connectivity index (χ4n) is 2.53. The van der Waals surface area contributed by atoms with E-state index < -0.39 is 0 Å². The van der Waals surface area contributed by atoms with Crippen LogP contribution in [0.2, 0.25) is 0 Å². The van der Waals surface area contributed by atoms with Crippen molar-refractivity contribution in [1.29, 1.82) is 0 Å². The van der Waals surface area contributed by atoms with Crippen molar-refractivity contribution in [3.05, 3.63) is 41.8 Å². The van der Waals surface area contributed by atoms with Crippen LogP contribution >= 0.6 is 0 Å². The molecule has 2 aromatic rings. The van der Waals surface area contributed by atoms with E-state index in [0.717, 1.165) is 37.4 Å². The van der Waals surface area contributed by atoms with Crippen molar-refractivity contribution < 1.29 is 4.42 Å². The predicted octanol–water partition coefficient (Wildman–Crippen LogP) is 2.44. The van der Waals surface area contributed by atoms with Crippen molar-refractivity contribution >= 4 is 0 Å². The summed E-state index contributed by atoms with van der Waals surface area (Å²) in [6.07, 6.45) is 1.78. The first kappa shape index (κ1) is 13.3. The average molecular weight is 271 g/mol. The Hall–Kier alpha value is -1.65. The zero-order chi connectivity index (χ0) is 13.9. The molecule has 106 valence electrons. The first-order chi connectivity index (χ1) is 9.72. The van der Waals surface area contributed by atoms with Crippen molar-refractivity contribution in [2.45, 2.75) is 26.4 Å². The van der Waals surface area contributed by atoms with Crippen molar-refractivity contribution in [1.82, 2.24) is 15.2 Å². The number of oxazole rings is 1. The van der Waals surface area contributed by atoms with Crippen LogP contribution in [0.1, 0.15) is 18.2 Å².